The zero-order valence-corrected chi connectivity index (χ0v) is 13.8. The number of halogens is 1. The van der Waals surface area contributed by atoms with Crippen LogP contribution in [0.2, 0.25) is 0 Å². The van der Waals surface area contributed by atoms with Crippen molar-refractivity contribution in [3.8, 4) is 5.75 Å². The fourth-order valence-electron chi connectivity index (χ4n) is 2.21. The third kappa shape index (κ3) is 4.29. The second-order valence-electron chi connectivity index (χ2n) is 5.00. The van der Waals surface area contributed by atoms with Gasteiger partial charge in [-0.15, -0.1) is 0 Å². The molecular formula is C14H20BrNO2S. The quantitative estimate of drug-likeness (QED) is 0.861. The van der Waals surface area contributed by atoms with E-state index < -0.39 is 10.8 Å². The van der Waals surface area contributed by atoms with Gasteiger partial charge in [0, 0.05) is 51.9 Å². The van der Waals surface area contributed by atoms with Gasteiger partial charge in [-0.05, 0) is 31.0 Å². The minimum absolute atomic E-state index is 0.361. The van der Waals surface area contributed by atoms with Gasteiger partial charge >= 0.3 is 0 Å². The normalized spacial score (nSPS) is 16.8. The van der Waals surface area contributed by atoms with Gasteiger partial charge in [-0.1, -0.05) is 15.9 Å². The van der Waals surface area contributed by atoms with Crippen molar-refractivity contribution >= 4 is 26.7 Å². The molecule has 0 bridgehead atoms. The smallest absolute Gasteiger partial charge is 0.127 e. The Bertz CT molecular complexity index is 479. The van der Waals surface area contributed by atoms with E-state index in [1.165, 1.54) is 11.1 Å². The number of rotatable bonds is 6. The van der Waals surface area contributed by atoms with Crippen molar-refractivity contribution in [2.45, 2.75) is 32.4 Å². The van der Waals surface area contributed by atoms with Gasteiger partial charge in [-0.2, -0.15) is 0 Å². The van der Waals surface area contributed by atoms with Crippen molar-refractivity contribution in [1.82, 2.24) is 5.32 Å². The van der Waals surface area contributed by atoms with Crippen LogP contribution in [0, 0.1) is 0 Å². The van der Waals surface area contributed by atoms with E-state index >= 15 is 0 Å². The van der Waals surface area contributed by atoms with Gasteiger partial charge in [-0.3, -0.25) is 4.21 Å². The van der Waals surface area contributed by atoms with Crippen LogP contribution in [0.3, 0.4) is 0 Å². The molecule has 0 saturated carbocycles. The van der Waals surface area contributed by atoms with Gasteiger partial charge in [-0.25, -0.2) is 0 Å². The Hall–Kier alpha value is -0.390. The van der Waals surface area contributed by atoms with E-state index in [-0.39, 0.29) is 0 Å². The van der Waals surface area contributed by atoms with Crippen LogP contribution in [0.1, 0.15) is 24.5 Å². The molecule has 0 saturated heterocycles. The topological polar surface area (TPSA) is 38.3 Å². The van der Waals surface area contributed by atoms with E-state index in [0.29, 0.717) is 6.04 Å². The minimum Gasteiger partial charge on any atom is -0.493 e. The Balaban J connectivity index is 1.94. The van der Waals surface area contributed by atoms with E-state index in [4.69, 9.17) is 4.74 Å². The van der Waals surface area contributed by atoms with Crippen LogP contribution >= 0.6 is 15.9 Å². The van der Waals surface area contributed by atoms with Gasteiger partial charge < -0.3 is 10.1 Å². The van der Waals surface area contributed by atoms with E-state index in [9.17, 15) is 4.21 Å². The molecule has 2 unspecified atom stereocenters. The molecular weight excluding hydrogens is 326 g/mol. The summed E-state index contributed by atoms with van der Waals surface area (Å²) in [5.41, 5.74) is 2.49. The summed E-state index contributed by atoms with van der Waals surface area (Å²) >= 11 is 3.55. The molecule has 0 aromatic heterocycles. The lowest BCUT2D eigenvalue weighted by molar-refractivity contribution is 0.351. The molecule has 0 amide bonds. The second kappa shape index (κ2) is 6.86. The number of hydrogen-bond acceptors (Lipinski definition) is 3. The van der Waals surface area contributed by atoms with E-state index in [1.54, 1.807) is 6.26 Å². The summed E-state index contributed by atoms with van der Waals surface area (Å²) in [4.78, 5) is 0. The van der Waals surface area contributed by atoms with Crippen molar-refractivity contribution < 1.29 is 8.95 Å². The third-order valence-electron chi connectivity index (χ3n) is 3.30. The van der Waals surface area contributed by atoms with Crippen LogP contribution < -0.4 is 10.1 Å². The Kier molecular flexibility index (Phi) is 5.42. The first kappa shape index (κ1) is 15.0. The molecule has 1 aliphatic rings. The fraction of sp³-hybridized carbons (Fsp3) is 0.571. The zero-order valence-electron chi connectivity index (χ0n) is 11.4. The van der Waals surface area contributed by atoms with Gasteiger partial charge in [0.15, 0.2) is 0 Å². The van der Waals surface area contributed by atoms with Gasteiger partial charge in [0.2, 0.25) is 0 Å². The molecule has 2 rings (SSSR count). The zero-order chi connectivity index (χ0) is 13.8. The molecule has 1 aliphatic heterocycles. The van der Waals surface area contributed by atoms with Crippen molar-refractivity contribution in [3.05, 3.63) is 27.7 Å². The predicted octanol–water partition coefficient (Wildman–Crippen LogP) is 2.63. The van der Waals surface area contributed by atoms with Gasteiger partial charge in [0.25, 0.3) is 0 Å². The highest BCUT2D eigenvalue weighted by Gasteiger charge is 2.17. The number of fused-ring (bicyclic) bond motifs is 1. The first-order chi connectivity index (χ1) is 9.06. The van der Waals surface area contributed by atoms with Crippen molar-refractivity contribution in [2.24, 2.45) is 0 Å². The fourth-order valence-corrected chi connectivity index (χ4v) is 3.44. The van der Waals surface area contributed by atoms with Crippen LogP contribution in [0.15, 0.2) is 16.6 Å². The third-order valence-corrected chi connectivity index (χ3v) is 4.57. The Labute approximate surface area is 125 Å². The molecule has 19 heavy (non-hydrogen) atoms. The van der Waals surface area contributed by atoms with E-state index in [1.807, 2.05) is 0 Å². The van der Waals surface area contributed by atoms with Crippen LogP contribution in [-0.2, 0) is 23.8 Å². The second-order valence-corrected chi connectivity index (χ2v) is 7.47. The van der Waals surface area contributed by atoms with Crippen molar-refractivity contribution in [3.63, 3.8) is 0 Å². The molecule has 3 nitrogen and oxygen atoms in total. The molecule has 0 spiro atoms. The lowest BCUT2D eigenvalue weighted by Crippen LogP contribution is -2.27. The number of hydrogen-bond donors (Lipinski definition) is 1. The maximum Gasteiger partial charge on any atom is 0.127 e. The molecule has 0 aliphatic carbocycles. The summed E-state index contributed by atoms with van der Waals surface area (Å²) in [6.07, 6.45) is 3.67. The van der Waals surface area contributed by atoms with E-state index in [2.05, 4.69) is 40.3 Å². The number of ether oxygens (including phenoxy) is 1. The molecule has 2 atom stereocenters. The van der Waals surface area contributed by atoms with Gasteiger partial charge in [0.1, 0.15) is 5.75 Å². The van der Waals surface area contributed by atoms with Crippen LogP contribution in [0.4, 0.5) is 0 Å². The SMILES string of the molecule is CC(CCS(C)=O)NCc1cc(Br)cc2c1OCC2. The maximum absolute atomic E-state index is 11.1. The highest BCUT2D eigenvalue weighted by atomic mass is 79.9. The van der Waals surface area contributed by atoms with Crippen molar-refractivity contribution in [2.75, 3.05) is 18.6 Å². The number of nitrogens with one attached hydrogen (secondary N) is 1. The molecule has 1 heterocycles. The average Bonchev–Trinajstić information content (AvgIpc) is 2.81. The predicted molar refractivity (Wildman–Crippen MR) is 83.2 cm³/mol. The highest BCUT2D eigenvalue weighted by Crippen LogP contribution is 2.32. The largest absolute Gasteiger partial charge is 0.493 e. The molecule has 1 aromatic rings. The molecule has 106 valence electrons. The monoisotopic (exact) mass is 345 g/mol. The highest BCUT2D eigenvalue weighted by molar-refractivity contribution is 9.10. The summed E-state index contributed by atoms with van der Waals surface area (Å²) in [7, 11) is -0.710. The first-order valence-corrected chi connectivity index (χ1v) is 9.06. The Morgan fingerprint density at radius 2 is 2.32 bits per heavy atom. The van der Waals surface area contributed by atoms with Crippen LogP contribution in [-0.4, -0.2) is 28.9 Å². The standard InChI is InChI=1S/C14H20BrNO2S/c1-10(4-6-19(2)17)16-9-12-8-13(15)7-11-3-5-18-14(11)12/h7-8,10,16H,3-6,9H2,1-2H3. The van der Waals surface area contributed by atoms with Gasteiger partial charge in [0.05, 0.1) is 6.61 Å². The molecule has 0 fully saturated rings. The maximum atomic E-state index is 11.1. The summed E-state index contributed by atoms with van der Waals surface area (Å²) in [6, 6.07) is 4.61. The summed E-state index contributed by atoms with van der Waals surface area (Å²) in [5, 5.41) is 3.48. The van der Waals surface area contributed by atoms with E-state index in [0.717, 1.165) is 42.0 Å². The molecule has 5 heteroatoms. The summed E-state index contributed by atoms with van der Waals surface area (Å²) in [6.45, 7) is 3.70. The first-order valence-electron chi connectivity index (χ1n) is 6.54. The van der Waals surface area contributed by atoms with Crippen LogP contribution in [0.25, 0.3) is 0 Å². The molecule has 1 N–H and O–H groups in total. The summed E-state index contributed by atoms with van der Waals surface area (Å²) < 4.78 is 17.9. The lowest BCUT2D eigenvalue weighted by atomic mass is 10.1. The Morgan fingerprint density at radius 1 is 1.53 bits per heavy atom. The molecule has 1 aromatic carbocycles. The van der Waals surface area contributed by atoms with Crippen LogP contribution in [0.5, 0.6) is 5.75 Å². The lowest BCUT2D eigenvalue weighted by Gasteiger charge is -2.15. The molecule has 0 radical (unpaired) electrons. The minimum atomic E-state index is -0.710. The Morgan fingerprint density at radius 3 is 3.05 bits per heavy atom. The number of benzene rings is 1. The average molecular weight is 346 g/mol. The van der Waals surface area contributed by atoms with Crippen molar-refractivity contribution in [1.29, 1.82) is 0 Å². The summed E-state index contributed by atoms with van der Waals surface area (Å²) in [5.74, 6) is 1.79.